The summed E-state index contributed by atoms with van der Waals surface area (Å²) in [6, 6.07) is 4.55. The molecule has 1 heterocycles. The number of anilines is 1. The number of hydrogen-bond donors (Lipinski definition) is 3. The van der Waals surface area contributed by atoms with Crippen LogP contribution in [0.25, 0.3) is 0 Å². The molecule has 1 fully saturated rings. The summed E-state index contributed by atoms with van der Waals surface area (Å²) >= 11 is 12.2. The summed E-state index contributed by atoms with van der Waals surface area (Å²) in [6.45, 7) is 1.96. The lowest BCUT2D eigenvalue weighted by Crippen LogP contribution is -2.34. The molecule has 1 unspecified atom stereocenters. The van der Waals surface area contributed by atoms with E-state index in [9.17, 15) is 9.59 Å². The highest BCUT2D eigenvalue weighted by Crippen LogP contribution is 2.34. The molecule has 1 aliphatic carbocycles. The van der Waals surface area contributed by atoms with Gasteiger partial charge in [-0.15, -0.1) is 0 Å². The highest BCUT2D eigenvalue weighted by atomic mass is 35.5. The van der Waals surface area contributed by atoms with Crippen molar-refractivity contribution in [2.24, 2.45) is 5.92 Å². The van der Waals surface area contributed by atoms with Gasteiger partial charge < -0.3 is 10.6 Å². The van der Waals surface area contributed by atoms with Crippen LogP contribution in [-0.2, 0) is 0 Å². The van der Waals surface area contributed by atoms with Crippen molar-refractivity contribution in [2.75, 3.05) is 5.32 Å². The Hall–Kier alpha value is -2.05. The number of aromatic amines is 1. The molecule has 3 rings (SSSR count). The summed E-state index contributed by atoms with van der Waals surface area (Å²) in [5.41, 5.74) is 0.716. The van der Waals surface area contributed by atoms with E-state index in [1.807, 2.05) is 6.92 Å². The molecule has 0 bridgehead atoms. The van der Waals surface area contributed by atoms with Crippen LogP contribution >= 0.6 is 23.2 Å². The Morgan fingerprint density at radius 1 is 1.29 bits per heavy atom. The topological polar surface area (TPSA) is 86.9 Å². The molecule has 1 aromatic carbocycles. The second kappa shape index (κ2) is 6.83. The van der Waals surface area contributed by atoms with E-state index < -0.39 is 5.91 Å². The molecule has 1 aliphatic rings. The highest BCUT2D eigenvalue weighted by molar-refractivity contribution is 6.38. The number of carbonyl (C=O) groups is 2. The molecule has 2 aromatic rings. The first-order chi connectivity index (χ1) is 11.5. The zero-order valence-corrected chi connectivity index (χ0v) is 14.4. The van der Waals surface area contributed by atoms with E-state index >= 15 is 0 Å². The number of carbonyl (C=O) groups excluding carboxylic acids is 2. The minimum Gasteiger partial charge on any atom is -0.349 e. The minimum atomic E-state index is -0.444. The molecule has 1 saturated carbocycles. The maximum atomic E-state index is 12.6. The fourth-order valence-electron chi connectivity index (χ4n) is 2.44. The smallest absolute Gasteiger partial charge is 0.273 e. The number of amides is 2. The molecule has 0 radical (unpaired) electrons. The van der Waals surface area contributed by atoms with E-state index in [-0.39, 0.29) is 33.9 Å². The average Bonchev–Trinajstić information content (AvgIpc) is 3.24. The van der Waals surface area contributed by atoms with Crippen molar-refractivity contribution in [3.8, 4) is 0 Å². The molecule has 3 N–H and O–H groups in total. The van der Waals surface area contributed by atoms with Gasteiger partial charge in [-0.25, -0.2) is 0 Å². The van der Waals surface area contributed by atoms with E-state index in [0.29, 0.717) is 10.9 Å². The van der Waals surface area contributed by atoms with Crippen molar-refractivity contribution in [3.63, 3.8) is 0 Å². The lowest BCUT2D eigenvalue weighted by molar-refractivity contribution is 0.0936. The van der Waals surface area contributed by atoms with Gasteiger partial charge in [0.05, 0.1) is 16.3 Å². The molecule has 1 atom stereocenters. The molecule has 24 heavy (non-hydrogen) atoms. The van der Waals surface area contributed by atoms with Crippen LogP contribution in [-0.4, -0.2) is 28.1 Å². The zero-order valence-electron chi connectivity index (χ0n) is 12.9. The number of benzene rings is 1. The summed E-state index contributed by atoms with van der Waals surface area (Å²) in [6.07, 6.45) is 3.69. The Kier molecular flexibility index (Phi) is 4.78. The van der Waals surface area contributed by atoms with Gasteiger partial charge in [-0.3, -0.25) is 14.7 Å². The third-order valence-corrected chi connectivity index (χ3v) is 4.49. The summed E-state index contributed by atoms with van der Waals surface area (Å²) in [5, 5.41) is 12.4. The fraction of sp³-hybridized carbons (Fsp3) is 0.312. The van der Waals surface area contributed by atoms with Crippen LogP contribution in [0, 0.1) is 5.92 Å². The zero-order chi connectivity index (χ0) is 17.3. The van der Waals surface area contributed by atoms with Crippen molar-refractivity contribution < 1.29 is 9.59 Å². The number of hydrogen-bond acceptors (Lipinski definition) is 3. The first-order valence-corrected chi connectivity index (χ1v) is 8.32. The maximum Gasteiger partial charge on any atom is 0.273 e. The van der Waals surface area contributed by atoms with E-state index in [1.54, 1.807) is 0 Å². The first-order valence-electron chi connectivity index (χ1n) is 7.56. The average molecular weight is 367 g/mol. The van der Waals surface area contributed by atoms with Gasteiger partial charge in [0.2, 0.25) is 0 Å². The molecule has 0 saturated heterocycles. The molecular formula is C16H16Cl2N4O2. The molecule has 0 aliphatic heterocycles. The third kappa shape index (κ3) is 3.71. The van der Waals surface area contributed by atoms with Gasteiger partial charge in [0.1, 0.15) is 5.69 Å². The molecule has 126 valence electrons. The van der Waals surface area contributed by atoms with Gasteiger partial charge in [0.25, 0.3) is 11.8 Å². The van der Waals surface area contributed by atoms with E-state index in [0.717, 1.165) is 12.8 Å². The van der Waals surface area contributed by atoms with Gasteiger partial charge in [-0.05, 0) is 43.9 Å². The van der Waals surface area contributed by atoms with Crippen molar-refractivity contribution >= 4 is 40.7 Å². The third-order valence-electron chi connectivity index (χ3n) is 3.97. The monoisotopic (exact) mass is 366 g/mol. The van der Waals surface area contributed by atoms with Crippen LogP contribution in [0.2, 0.25) is 10.0 Å². The summed E-state index contributed by atoms with van der Waals surface area (Å²) in [4.78, 5) is 24.8. The summed E-state index contributed by atoms with van der Waals surface area (Å²) in [7, 11) is 0. The van der Waals surface area contributed by atoms with Gasteiger partial charge in [-0.1, -0.05) is 23.2 Å². The quantitative estimate of drug-likeness (QED) is 0.756. The summed E-state index contributed by atoms with van der Waals surface area (Å²) < 4.78 is 0. The normalized spacial score (nSPS) is 15.0. The van der Waals surface area contributed by atoms with E-state index in [4.69, 9.17) is 23.2 Å². The van der Waals surface area contributed by atoms with Gasteiger partial charge >= 0.3 is 0 Å². The molecule has 8 heteroatoms. The Bertz CT molecular complexity index is 773. The van der Waals surface area contributed by atoms with Gasteiger partial charge in [0, 0.05) is 17.3 Å². The van der Waals surface area contributed by atoms with Crippen LogP contribution < -0.4 is 10.6 Å². The second-order valence-corrected chi connectivity index (χ2v) is 6.68. The Morgan fingerprint density at radius 3 is 2.67 bits per heavy atom. The van der Waals surface area contributed by atoms with Crippen molar-refractivity contribution in [2.45, 2.75) is 25.8 Å². The van der Waals surface area contributed by atoms with E-state index in [2.05, 4.69) is 20.8 Å². The van der Waals surface area contributed by atoms with Crippen LogP contribution in [0.5, 0.6) is 0 Å². The van der Waals surface area contributed by atoms with Crippen LogP contribution in [0.4, 0.5) is 5.69 Å². The van der Waals surface area contributed by atoms with Gasteiger partial charge in [0.15, 0.2) is 0 Å². The van der Waals surface area contributed by atoms with Crippen molar-refractivity contribution in [3.05, 3.63) is 45.7 Å². The minimum absolute atomic E-state index is 0.0615. The first kappa shape index (κ1) is 16.8. The maximum absolute atomic E-state index is 12.6. The number of aromatic nitrogens is 2. The summed E-state index contributed by atoms with van der Waals surface area (Å²) in [5.74, 6) is -0.258. The fourth-order valence-corrected chi connectivity index (χ4v) is 2.98. The predicted octanol–water partition coefficient (Wildman–Crippen LogP) is 3.50. The Morgan fingerprint density at radius 2 is 2.04 bits per heavy atom. The van der Waals surface area contributed by atoms with Gasteiger partial charge in [-0.2, -0.15) is 5.10 Å². The lowest BCUT2D eigenvalue weighted by atomic mass is 10.1. The lowest BCUT2D eigenvalue weighted by Gasteiger charge is -2.16. The van der Waals surface area contributed by atoms with Crippen molar-refractivity contribution in [1.82, 2.24) is 15.5 Å². The van der Waals surface area contributed by atoms with Crippen molar-refractivity contribution in [1.29, 1.82) is 0 Å². The number of halogens is 2. The Balaban J connectivity index is 1.86. The highest BCUT2D eigenvalue weighted by Gasteiger charge is 2.30. The molecule has 1 aromatic heterocycles. The largest absolute Gasteiger partial charge is 0.349 e. The number of H-pyrrole nitrogens is 1. The van der Waals surface area contributed by atoms with E-state index in [1.165, 1.54) is 24.4 Å². The molecular weight excluding hydrogens is 351 g/mol. The van der Waals surface area contributed by atoms with Crippen LogP contribution in [0.1, 0.15) is 40.6 Å². The SMILES string of the molecule is CC(NC(=O)c1cc(Cl)cc(Cl)c1NC(=O)c1ccn[nH]1)C1CC1. The van der Waals surface area contributed by atoms with Crippen LogP contribution in [0.3, 0.4) is 0 Å². The Labute approximate surface area is 148 Å². The second-order valence-electron chi connectivity index (χ2n) is 5.83. The number of nitrogens with zero attached hydrogens (tertiary/aromatic N) is 1. The standard InChI is InChI=1S/C16H16Cl2N4O2/c1-8(9-2-3-9)20-15(23)11-6-10(17)7-12(18)14(11)21-16(24)13-4-5-19-22-13/h4-9H,2-3H2,1H3,(H,19,22)(H,20,23)(H,21,24). The molecule has 2 amide bonds. The predicted molar refractivity (Wildman–Crippen MR) is 92.7 cm³/mol. The van der Waals surface area contributed by atoms with Crippen LogP contribution in [0.15, 0.2) is 24.4 Å². The number of nitrogens with one attached hydrogen (secondary N) is 3. The number of rotatable bonds is 5. The molecule has 6 nitrogen and oxygen atoms in total. The molecule has 0 spiro atoms.